The third-order valence-electron chi connectivity index (χ3n) is 5.19. The zero-order valence-corrected chi connectivity index (χ0v) is 23.5. The Morgan fingerprint density at radius 1 is 1.16 bits per heavy atom. The fourth-order valence-electron chi connectivity index (χ4n) is 3.24. The van der Waals surface area contributed by atoms with Crippen molar-refractivity contribution in [1.82, 2.24) is 0 Å². The Labute approximate surface area is 233 Å². The number of nitriles is 1. The van der Waals surface area contributed by atoms with Crippen molar-refractivity contribution in [2.45, 2.75) is 25.7 Å². The van der Waals surface area contributed by atoms with Crippen LogP contribution in [0, 0.1) is 38.9 Å². The number of benzene rings is 3. The second-order valence-electron chi connectivity index (χ2n) is 7.99. The van der Waals surface area contributed by atoms with Crippen LogP contribution in [0.15, 0.2) is 65.1 Å². The first-order valence-corrected chi connectivity index (χ1v) is 13.6. The average Bonchev–Trinajstić information content (AvgIpc) is 2.86. The number of nitrogens with one attached hydrogen (secondary N) is 1. The number of nitro groups is 1. The summed E-state index contributed by atoms with van der Waals surface area (Å²) in [6, 6.07) is 15.0. The second kappa shape index (κ2) is 12.1. The number of nitrogens with zero attached hydrogens (tertiary/aromatic N) is 2. The highest BCUT2D eigenvalue weighted by Gasteiger charge is 2.23. The molecule has 12 heteroatoms. The molecule has 38 heavy (non-hydrogen) atoms. The lowest BCUT2D eigenvalue weighted by Gasteiger charge is -2.15. The van der Waals surface area contributed by atoms with Crippen LogP contribution < -0.4 is 14.2 Å². The van der Waals surface area contributed by atoms with Crippen LogP contribution in [-0.2, 0) is 14.9 Å². The molecule has 0 saturated carbocycles. The summed E-state index contributed by atoms with van der Waals surface area (Å²) in [4.78, 5) is 23.3. The molecule has 3 aromatic rings. The van der Waals surface area contributed by atoms with E-state index >= 15 is 0 Å². The lowest BCUT2D eigenvalue weighted by atomic mass is 10.1. The highest BCUT2D eigenvalue weighted by atomic mass is 127. The van der Waals surface area contributed by atoms with E-state index in [1.54, 1.807) is 26.0 Å². The summed E-state index contributed by atoms with van der Waals surface area (Å²) in [5, 5.41) is 23.2. The molecule has 3 rings (SSSR count). The van der Waals surface area contributed by atoms with E-state index in [4.69, 9.17) is 8.92 Å². The standard InChI is InChI=1S/C26H22IN3O7S/c1-4-36-24-13-18(12-22(27)25(24)37-38(34,35)21-9-5-16(2)6-10-21)11-19(15-28)26(31)29-23-14-20(30(32)33)8-7-17(23)3/h5-14H,4H2,1-3H3,(H,29,31)/b19-11+. The van der Waals surface area contributed by atoms with E-state index in [1.165, 1.54) is 48.5 Å². The molecule has 0 aromatic heterocycles. The van der Waals surface area contributed by atoms with E-state index in [9.17, 15) is 28.6 Å². The van der Waals surface area contributed by atoms with Gasteiger partial charge in [-0.1, -0.05) is 23.8 Å². The van der Waals surface area contributed by atoms with E-state index in [1.807, 2.05) is 35.6 Å². The Balaban J connectivity index is 1.95. The Bertz CT molecular complexity index is 1580. The lowest BCUT2D eigenvalue weighted by Crippen LogP contribution is -2.14. The maximum absolute atomic E-state index is 12.9. The number of halogens is 1. The highest BCUT2D eigenvalue weighted by Crippen LogP contribution is 2.37. The number of rotatable bonds is 9. The van der Waals surface area contributed by atoms with Crippen molar-refractivity contribution in [1.29, 1.82) is 5.26 Å². The van der Waals surface area contributed by atoms with Crippen molar-refractivity contribution in [3.63, 3.8) is 0 Å². The van der Waals surface area contributed by atoms with E-state index < -0.39 is 20.9 Å². The predicted octanol–water partition coefficient (Wildman–Crippen LogP) is 5.53. The van der Waals surface area contributed by atoms with Crippen molar-refractivity contribution in [2.75, 3.05) is 11.9 Å². The van der Waals surface area contributed by atoms with Gasteiger partial charge in [0.2, 0.25) is 0 Å². The molecule has 0 aliphatic heterocycles. The molecule has 0 heterocycles. The van der Waals surface area contributed by atoms with Crippen LogP contribution in [0.5, 0.6) is 11.5 Å². The number of carbonyl (C=O) groups is 1. The van der Waals surface area contributed by atoms with Gasteiger partial charge in [-0.05, 0) is 84.8 Å². The first-order chi connectivity index (χ1) is 17.9. The SMILES string of the molecule is CCOc1cc(/C=C(\C#N)C(=O)Nc2cc([N+](=O)[O-])ccc2C)cc(I)c1OS(=O)(=O)c1ccc(C)cc1. The second-order valence-corrected chi connectivity index (χ2v) is 10.7. The van der Waals surface area contributed by atoms with Crippen LogP contribution >= 0.6 is 22.6 Å². The molecule has 0 radical (unpaired) electrons. The van der Waals surface area contributed by atoms with E-state index in [0.29, 0.717) is 14.7 Å². The summed E-state index contributed by atoms with van der Waals surface area (Å²) in [6.07, 6.45) is 1.30. The Kier molecular flexibility index (Phi) is 9.08. The van der Waals surface area contributed by atoms with Gasteiger partial charge in [-0.2, -0.15) is 13.7 Å². The molecule has 196 valence electrons. The van der Waals surface area contributed by atoms with Gasteiger partial charge in [0.1, 0.15) is 16.5 Å². The van der Waals surface area contributed by atoms with Crippen LogP contribution in [0.25, 0.3) is 6.08 Å². The minimum atomic E-state index is -4.16. The molecular formula is C26H22IN3O7S. The molecule has 0 spiro atoms. The van der Waals surface area contributed by atoms with Crippen LogP contribution in [0.3, 0.4) is 0 Å². The molecule has 0 aliphatic carbocycles. The lowest BCUT2D eigenvalue weighted by molar-refractivity contribution is -0.384. The quantitative estimate of drug-likeness (QED) is 0.0797. The molecule has 0 unspecified atom stereocenters. The highest BCUT2D eigenvalue weighted by molar-refractivity contribution is 14.1. The van der Waals surface area contributed by atoms with Crippen molar-refractivity contribution in [2.24, 2.45) is 0 Å². The van der Waals surface area contributed by atoms with Gasteiger partial charge in [-0.3, -0.25) is 14.9 Å². The number of non-ortho nitro benzene ring substituents is 1. The van der Waals surface area contributed by atoms with Gasteiger partial charge >= 0.3 is 10.1 Å². The van der Waals surface area contributed by atoms with E-state index in [2.05, 4.69) is 5.32 Å². The van der Waals surface area contributed by atoms with Crippen LogP contribution in [0.4, 0.5) is 11.4 Å². The van der Waals surface area contributed by atoms with Gasteiger partial charge in [0.15, 0.2) is 11.5 Å². The van der Waals surface area contributed by atoms with Gasteiger partial charge in [0, 0.05) is 12.1 Å². The third kappa shape index (κ3) is 6.87. The fraction of sp³-hybridized carbons (Fsp3) is 0.154. The Morgan fingerprint density at radius 3 is 2.45 bits per heavy atom. The Hall–Kier alpha value is -3.96. The monoisotopic (exact) mass is 647 g/mol. The van der Waals surface area contributed by atoms with Gasteiger partial charge in [-0.25, -0.2) is 0 Å². The number of nitro benzene ring substituents is 1. The minimum absolute atomic E-state index is 0.0230. The van der Waals surface area contributed by atoms with Crippen molar-refractivity contribution < 1.29 is 27.1 Å². The molecule has 0 aliphatic rings. The summed E-state index contributed by atoms with van der Waals surface area (Å²) in [5.41, 5.74) is 1.55. The summed E-state index contributed by atoms with van der Waals surface area (Å²) in [7, 11) is -4.16. The average molecular weight is 647 g/mol. The first-order valence-electron chi connectivity index (χ1n) is 11.1. The predicted molar refractivity (Wildman–Crippen MR) is 149 cm³/mol. The van der Waals surface area contributed by atoms with Crippen LogP contribution in [0.1, 0.15) is 23.6 Å². The zero-order valence-electron chi connectivity index (χ0n) is 20.5. The molecule has 3 aromatic carbocycles. The molecule has 0 fully saturated rings. The summed E-state index contributed by atoms with van der Waals surface area (Å²) >= 11 is 1.88. The third-order valence-corrected chi connectivity index (χ3v) is 7.23. The zero-order chi connectivity index (χ0) is 28.0. The van der Waals surface area contributed by atoms with E-state index in [0.717, 1.165) is 5.56 Å². The molecule has 10 nitrogen and oxygen atoms in total. The number of hydrogen-bond donors (Lipinski definition) is 1. The number of amides is 1. The van der Waals surface area contributed by atoms with Gasteiger partial charge in [-0.15, -0.1) is 0 Å². The molecule has 0 bridgehead atoms. The van der Waals surface area contributed by atoms with Crippen molar-refractivity contribution in [3.8, 4) is 17.6 Å². The van der Waals surface area contributed by atoms with Crippen molar-refractivity contribution in [3.05, 3.63) is 90.5 Å². The number of carbonyl (C=O) groups excluding carboxylic acids is 1. The van der Waals surface area contributed by atoms with Crippen LogP contribution in [0.2, 0.25) is 0 Å². The van der Waals surface area contributed by atoms with Crippen LogP contribution in [-0.4, -0.2) is 25.9 Å². The normalized spacial score (nSPS) is 11.4. The molecule has 0 saturated heterocycles. The summed E-state index contributed by atoms with van der Waals surface area (Å²) in [5.74, 6) is -0.694. The minimum Gasteiger partial charge on any atom is -0.490 e. The summed E-state index contributed by atoms with van der Waals surface area (Å²) in [6.45, 7) is 5.40. The fourth-order valence-corrected chi connectivity index (χ4v) is 5.08. The first kappa shape index (κ1) is 28.6. The number of hydrogen-bond acceptors (Lipinski definition) is 8. The van der Waals surface area contributed by atoms with Crippen molar-refractivity contribution >= 4 is 56.1 Å². The van der Waals surface area contributed by atoms with Gasteiger partial charge in [0.05, 0.1) is 20.8 Å². The molecule has 1 N–H and O–H groups in total. The smallest absolute Gasteiger partial charge is 0.339 e. The molecule has 1 amide bonds. The number of aryl methyl sites for hydroxylation is 2. The molecular weight excluding hydrogens is 625 g/mol. The number of ether oxygens (including phenoxy) is 1. The number of anilines is 1. The van der Waals surface area contributed by atoms with Gasteiger partial charge < -0.3 is 14.2 Å². The maximum atomic E-state index is 12.9. The van der Waals surface area contributed by atoms with E-state index in [-0.39, 0.29) is 39.9 Å². The topological polar surface area (TPSA) is 149 Å². The largest absolute Gasteiger partial charge is 0.490 e. The van der Waals surface area contributed by atoms with Gasteiger partial charge in [0.25, 0.3) is 11.6 Å². The Morgan fingerprint density at radius 2 is 1.84 bits per heavy atom. The molecule has 0 atom stereocenters. The maximum Gasteiger partial charge on any atom is 0.339 e. The summed E-state index contributed by atoms with van der Waals surface area (Å²) < 4.78 is 37.1.